The fourth-order valence-electron chi connectivity index (χ4n) is 4.18. The Morgan fingerprint density at radius 2 is 2.00 bits per heavy atom. The molecule has 7 nitrogen and oxygen atoms in total. The Kier molecular flexibility index (Phi) is 5.08. The number of nitrogens with zero attached hydrogens (tertiary/aromatic N) is 3. The second-order valence-electron chi connectivity index (χ2n) is 8.10. The predicted molar refractivity (Wildman–Crippen MR) is 114 cm³/mol. The molecule has 3 aromatic rings. The van der Waals surface area contributed by atoms with E-state index >= 15 is 0 Å². The molecule has 0 aliphatic carbocycles. The predicted octanol–water partition coefficient (Wildman–Crippen LogP) is 3.62. The molecule has 1 unspecified atom stereocenters. The first kappa shape index (κ1) is 19.5. The monoisotopic (exact) mass is 396 g/mol. The van der Waals surface area contributed by atoms with Crippen molar-refractivity contribution >= 4 is 33.9 Å². The molecule has 0 radical (unpaired) electrons. The third-order valence-corrected chi connectivity index (χ3v) is 5.50. The van der Waals surface area contributed by atoms with E-state index in [1.807, 2.05) is 24.3 Å². The lowest BCUT2D eigenvalue weighted by molar-refractivity contribution is 0.0851. The van der Waals surface area contributed by atoms with Gasteiger partial charge in [-0.15, -0.1) is 0 Å². The number of fused-ring (bicyclic) bond motifs is 3. The molecule has 1 N–H and O–H groups in total. The Labute approximate surface area is 170 Å². The summed E-state index contributed by atoms with van der Waals surface area (Å²) in [5.74, 6) is -0.258. The van der Waals surface area contributed by atoms with Crippen LogP contribution in [0.15, 0.2) is 30.3 Å². The summed E-state index contributed by atoms with van der Waals surface area (Å²) in [5.41, 5.74) is 3.07. The van der Waals surface area contributed by atoms with E-state index in [0.29, 0.717) is 12.2 Å². The van der Waals surface area contributed by atoms with Gasteiger partial charge < -0.3 is 19.5 Å². The van der Waals surface area contributed by atoms with Crippen molar-refractivity contribution in [1.82, 2.24) is 19.4 Å². The zero-order chi connectivity index (χ0) is 20.7. The molecule has 4 rings (SSSR count). The third-order valence-electron chi connectivity index (χ3n) is 5.50. The smallest absolute Gasteiger partial charge is 0.328 e. The maximum Gasteiger partial charge on any atom is 0.328 e. The molecular weight excluding hydrogens is 368 g/mol. The lowest BCUT2D eigenvalue weighted by Gasteiger charge is -2.16. The van der Waals surface area contributed by atoms with Crippen LogP contribution in [0.5, 0.6) is 0 Å². The highest BCUT2D eigenvalue weighted by molar-refractivity contribution is 6.14. The number of carbonyl (C=O) groups excluding carboxylic acids is 2. The van der Waals surface area contributed by atoms with Crippen LogP contribution in [0.1, 0.15) is 43.2 Å². The minimum Gasteiger partial charge on any atom is -0.376 e. The van der Waals surface area contributed by atoms with E-state index in [1.54, 1.807) is 18.7 Å². The zero-order valence-corrected chi connectivity index (χ0v) is 17.4. The normalized spacial score (nSPS) is 16.8. The first-order valence-corrected chi connectivity index (χ1v) is 10.2. The van der Waals surface area contributed by atoms with Gasteiger partial charge in [0.25, 0.3) is 5.91 Å². The first-order chi connectivity index (χ1) is 13.9. The number of nitrogens with one attached hydrogen (secondary N) is 1. The molecule has 1 fully saturated rings. The summed E-state index contributed by atoms with van der Waals surface area (Å²) in [5, 5.41) is 3.92. The number of aromatic nitrogens is 2. The van der Waals surface area contributed by atoms with Crippen molar-refractivity contribution in [2.45, 2.75) is 38.8 Å². The number of rotatable bonds is 4. The van der Waals surface area contributed by atoms with Gasteiger partial charge in [-0.25, -0.2) is 4.79 Å². The molecule has 0 bridgehead atoms. The van der Waals surface area contributed by atoms with E-state index in [2.05, 4.69) is 29.8 Å². The zero-order valence-electron chi connectivity index (χ0n) is 17.4. The van der Waals surface area contributed by atoms with Crippen molar-refractivity contribution in [3.8, 4) is 0 Å². The van der Waals surface area contributed by atoms with Gasteiger partial charge in [-0.3, -0.25) is 9.36 Å². The fraction of sp³-hybridized carbons (Fsp3) is 0.455. The van der Waals surface area contributed by atoms with Gasteiger partial charge in [0.1, 0.15) is 5.69 Å². The highest BCUT2D eigenvalue weighted by atomic mass is 16.5. The van der Waals surface area contributed by atoms with Gasteiger partial charge in [-0.2, -0.15) is 0 Å². The van der Waals surface area contributed by atoms with Gasteiger partial charge in [-0.05, 0) is 38.8 Å². The Morgan fingerprint density at radius 3 is 2.66 bits per heavy atom. The van der Waals surface area contributed by atoms with E-state index in [1.165, 1.54) is 4.90 Å². The Balaban J connectivity index is 1.87. The van der Waals surface area contributed by atoms with Crippen LogP contribution in [-0.2, 0) is 4.74 Å². The summed E-state index contributed by atoms with van der Waals surface area (Å²) in [7, 11) is 3.40. The Hall–Kier alpha value is -2.80. The van der Waals surface area contributed by atoms with Crippen molar-refractivity contribution in [1.29, 1.82) is 0 Å². The van der Waals surface area contributed by atoms with Gasteiger partial charge >= 0.3 is 6.03 Å². The van der Waals surface area contributed by atoms with E-state index in [-0.39, 0.29) is 24.1 Å². The molecule has 1 aliphatic heterocycles. The van der Waals surface area contributed by atoms with E-state index in [4.69, 9.17) is 4.74 Å². The number of ether oxygens (including phenoxy) is 1. The second-order valence-corrected chi connectivity index (χ2v) is 8.10. The van der Waals surface area contributed by atoms with Gasteiger partial charge in [0, 0.05) is 38.7 Å². The van der Waals surface area contributed by atoms with Crippen LogP contribution in [-0.4, -0.2) is 59.3 Å². The van der Waals surface area contributed by atoms with Crippen LogP contribution in [0, 0.1) is 0 Å². The highest BCUT2D eigenvalue weighted by Gasteiger charge is 2.27. The molecule has 3 heterocycles. The highest BCUT2D eigenvalue weighted by Crippen LogP contribution is 2.34. The van der Waals surface area contributed by atoms with Crippen LogP contribution in [0.25, 0.3) is 21.9 Å². The standard InChI is InChI=1S/C22H28N4O3/c1-14(2)25-17-10-6-5-9-16(17)20-18(25)12-19(26(20)22(28)24(3)4)21(27)23-13-15-8-7-11-29-15/h5-6,9-10,12,14-15H,7-8,11,13H2,1-4H3,(H,23,27). The molecular formula is C22H28N4O3. The maximum atomic E-state index is 13.1. The second kappa shape index (κ2) is 7.55. The third kappa shape index (κ3) is 3.29. The number of amides is 2. The number of hydrogen-bond acceptors (Lipinski definition) is 3. The molecule has 1 saturated heterocycles. The summed E-state index contributed by atoms with van der Waals surface area (Å²) >= 11 is 0. The van der Waals surface area contributed by atoms with E-state index in [0.717, 1.165) is 41.4 Å². The number of para-hydroxylation sites is 1. The molecule has 29 heavy (non-hydrogen) atoms. The first-order valence-electron chi connectivity index (χ1n) is 10.2. The minimum absolute atomic E-state index is 0.0478. The summed E-state index contributed by atoms with van der Waals surface area (Å²) in [6.07, 6.45) is 2.01. The van der Waals surface area contributed by atoms with Crippen LogP contribution >= 0.6 is 0 Å². The van der Waals surface area contributed by atoms with Gasteiger partial charge in [0.15, 0.2) is 0 Å². The van der Waals surface area contributed by atoms with Crippen LogP contribution in [0.2, 0.25) is 0 Å². The minimum atomic E-state index is -0.258. The molecule has 1 atom stereocenters. The van der Waals surface area contributed by atoms with Crippen molar-refractivity contribution in [3.63, 3.8) is 0 Å². The molecule has 154 valence electrons. The molecule has 7 heteroatoms. The van der Waals surface area contributed by atoms with Crippen LogP contribution in [0.3, 0.4) is 0 Å². The molecule has 1 aliphatic rings. The lowest BCUT2D eigenvalue weighted by Crippen LogP contribution is -2.36. The van der Waals surface area contributed by atoms with Crippen molar-refractivity contribution in [3.05, 3.63) is 36.0 Å². The van der Waals surface area contributed by atoms with E-state index in [9.17, 15) is 9.59 Å². The topological polar surface area (TPSA) is 68.5 Å². The van der Waals surface area contributed by atoms with Gasteiger partial charge in [0.05, 0.1) is 22.7 Å². The van der Waals surface area contributed by atoms with Crippen molar-refractivity contribution < 1.29 is 14.3 Å². The molecule has 1 aromatic carbocycles. The van der Waals surface area contributed by atoms with Crippen molar-refractivity contribution in [2.75, 3.05) is 27.2 Å². The SMILES string of the molecule is CC(C)n1c2ccccc2c2c1cc(C(=O)NCC1CCCO1)n2C(=O)N(C)C. The summed E-state index contributed by atoms with van der Waals surface area (Å²) in [6.45, 7) is 5.40. The maximum absolute atomic E-state index is 13.1. The summed E-state index contributed by atoms with van der Waals surface area (Å²) in [6, 6.07) is 9.79. The number of hydrogen-bond donors (Lipinski definition) is 1. The van der Waals surface area contributed by atoms with Crippen molar-refractivity contribution in [2.24, 2.45) is 0 Å². The average Bonchev–Trinajstić information content (AvgIpc) is 3.39. The lowest BCUT2D eigenvalue weighted by atomic mass is 10.2. The molecule has 0 spiro atoms. The van der Waals surface area contributed by atoms with Crippen LogP contribution in [0.4, 0.5) is 4.79 Å². The van der Waals surface area contributed by atoms with Crippen LogP contribution < -0.4 is 5.32 Å². The number of carbonyl (C=O) groups is 2. The Bertz CT molecular complexity index is 1070. The van der Waals surface area contributed by atoms with E-state index < -0.39 is 0 Å². The molecule has 2 amide bonds. The quantitative estimate of drug-likeness (QED) is 0.732. The fourth-order valence-corrected chi connectivity index (χ4v) is 4.18. The summed E-state index contributed by atoms with van der Waals surface area (Å²) < 4.78 is 9.33. The van der Waals surface area contributed by atoms with Gasteiger partial charge in [0.2, 0.25) is 0 Å². The van der Waals surface area contributed by atoms with Gasteiger partial charge in [-0.1, -0.05) is 18.2 Å². The Morgan fingerprint density at radius 1 is 1.24 bits per heavy atom. The molecule has 2 aromatic heterocycles. The molecule has 0 saturated carbocycles. The average molecular weight is 396 g/mol. The number of benzene rings is 1. The largest absolute Gasteiger partial charge is 0.376 e. The summed E-state index contributed by atoms with van der Waals surface area (Å²) in [4.78, 5) is 27.7.